The largest absolute Gasteiger partial charge is 0.364 e. The Bertz CT molecular complexity index is 600. The molecule has 2 aromatic rings. The van der Waals surface area contributed by atoms with Crippen LogP contribution in [0.15, 0.2) is 54.6 Å². The smallest absolute Gasteiger partial charge is 0.0596 e. The average Bonchev–Trinajstić information content (AvgIpc) is 2.54. The number of fused-ring (bicyclic) bond motifs is 1. The lowest BCUT2D eigenvalue weighted by molar-refractivity contribution is 0.256. The van der Waals surface area contributed by atoms with Gasteiger partial charge in [0.15, 0.2) is 0 Å². The molecule has 0 N–H and O–H groups in total. The van der Waals surface area contributed by atoms with Crippen LogP contribution in [0, 0.1) is 5.41 Å². The lowest BCUT2D eigenvalue weighted by Crippen LogP contribution is -2.43. The molecule has 110 valence electrons. The van der Waals surface area contributed by atoms with Gasteiger partial charge in [-0.3, -0.25) is 0 Å². The second kappa shape index (κ2) is 5.55. The minimum absolute atomic E-state index is 0.256. The van der Waals surface area contributed by atoms with Gasteiger partial charge in [-0.15, -0.1) is 0 Å². The summed E-state index contributed by atoms with van der Waals surface area (Å²) in [7, 11) is 0. The Hall–Kier alpha value is -1.76. The summed E-state index contributed by atoms with van der Waals surface area (Å²) in [5.74, 6) is 0. The van der Waals surface area contributed by atoms with E-state index in [1.54, 1.807) is 0 Å². The van der Waals surface area contributed by atoms with E-state index >= 15 is 0 Å². The van der Waals surface area contributed by atoms with Gasteiger partial charge in [0.25, 0.3) is 0 Å². The summed E-state index contributed by atoms with van der Waals surface area (Å²) in [6, 6.07) is 20.3. The van der Waals surface area contributed by atoms with Crippen LogP contribution in [0.4, 0.5) is 5.69 Å². The van der Waals surface area contributed by atoms with Gasteiger partial charge in [-0.2, -0.15) is 0 Å². The summed E-state index contributed by atoms with van der Waals surface area (Å²) < 4.78 is 0. The molecule has 0 spiro atoms. The highest BCUT2D eigenvalue weighted by atomic mass is 15.2. The van der Waals surface area contributed by atoms with Crippen LogP contribution in [-0.2, 0) is 6.42 Å². The third-order valence-corrected chi connectivity index (χ3v) is 5.02. The summed E-state index contributed by atoms with van der Waals surface area (Å²) in [6.07, 6.45) is 2.32. The molecule has 0 saturated carbocycles. The van der Waals surface area contributed by atoms with Crippen molar-refractivity contribution in [3.8, 4) is 0 Å². The van der Waals surface area contributed by atoms with Crippen molar-refractivity contribution in [1.29, 1.82) is 0 Å². The van der Waals surface area contributed by atoms with E-state index in [4.69, 9.17) is 0 Å². The fourth-order valence-corrected chi connectivity index (χ4v) is 3.50. The quantitative estimate of drug-likeness (QED) is 0.744. The van der Waals surface area contributed by atoms with Gasteiger partial charge < -0.3 is 4.90 Å². The first-order valence-corrected chi connectivity index (χ1v) is 8.03. The monoisotopic (exact) mass is 279 g/mol. The molecule has 0 saturated heterocycles. The Morgan fingerprint density at radius 2 is 1.67 bits per heavy atom. The van der Waals surface area contributed by atoms with E-state index in [0.717, 1.165) is 13.0 Å². The van der Waals surface area contributed by atoms with Crippen LogP contribution in [0.25, 0.3) is 0 Å². The lowest BCUT2D eigenvalue weighted by atomic mass is 9.74. The Labute approximate surface area is 128 Å². The van der Waals surface area contributed by atoms with Crippen molar-refractivity contribution in [3.05, 3.63) is 65.7 Å². The summed E-state index contributed by atoms with van der Waals surface area (Å²) >= 11 is 0. The molecule has 3 rings (SSSR count). The fourth-order valence-electron chi connectivity index (χ4n) is 3.50. The molecule has 0 radical (unpaired) electrons. The van der Waals surface area contributed by atoms with E-state index in [1.165, 1.54) is 23.2 Å². The highest BCUT2D eigenvalue weighted by Crippen LogP contribution is 2.46. The minimum Gasteiger partial charge on any atom is -0.364 e. The predicted octanol–water partition coefficient (Wildman–Crippen LogP) is 5.23. The van der Waals surface area contributed by atoms with Crippen molar-refractivity contribution in [2.45, 2.75) is 39.7 Å². The van der Waals surface area contributed by atoms with E-state index < -0.39 is 0 Å². The van der Waals surface area contributed by atoms with Crippen molar-refractivity contribution in [2.75, 3.05) is 11.4 Å². The van der Waals surface area contributed by atoms with Gasteiger partial charge in [0.2, 0.25) is 0 Å². The summed E-state index contributed by atoms with van der Waals surface area (Å²) in [4.78, 5) is 2.60. The standard InChI is InChI=1S/C20H25N/c1-4-20(2,3)19-18-13-9-8-10-16(18)14-15-21(19)17-11-6-5-7-12-17/h5-13,19H,4,14-15H2,1-3H3. The van der Waals surface area contributed by atoms with Gasteiger partial charge in [-0.05, 0) is 41.5 Å². The van der Waals surface area contributed by atoms with Crippen molar-refractivity contribution in [2.24, 2.45) is 5.41 Å². The molecule has 0 aliphatic carbocycles. The van der Waals surface area contributed by atoms with Crippen molar-refractivity contribution < 1.29 is 0 Å². The highest BCUT2D eigenvalue weighted by Gasteiger charge is 2.37. The van der Waals surface area contributed by atoms with Gasteiger partial charge in [-0.1, -0.05) is 63.2 Å². The predicted molar refractivity (Wildman–Crippen MR) is 90.7 cm³/mol. The zero-order chi connectivity index (χ0) is 14.9. The van der Waals surface area contributed by atoms with Crippen LogP contribution in [0.5, 0.6) is 0 Å². The van der Waals surface area contributed by atoms with Crippen molar-refractivity contribution >= 4 is 5.69 Å². The first-order chi connectivity index (χ1) is 10.1. The number of hydrogen-bond donors (Lipinski definition) is 0. The van der Waals surface area contributed by atoms with E-state index in [9.17, 15) is 0 Å². The molecule has 0 fully saturated rings. The van der Waals surface area contributed by atoms with E-state index in [1.807, 2.05) is 0 Å². The minimum atomic E-state index is 0.256. The zero-order valence-electron chi connectivity index (χ0n) is 13.3. The van der Waals surface area contributed by atoms with Crippen LogP contribution in [-0.4, -0.2) is 6.54 Å². The van der Waals surface area contributed by atoms with E-state index in [2.05, 4.69) is 80.3 Å². The normalized spacial score (nSPS) is 18.4. The zero-order valence-corrected chi connectivity index (χ0v) is 13.3. The van der Waals surface area contributed by atoms with E-state index in [-0.39, 0.29) is 5.41 Å². The molecule has 2 aromatic carbocycles. The molecule has 21 heavy (non-hydrogen) atoms. The Morgan fingerprint density at radius 3 is 2.38 bits per heavy atom. The molecule has 1 nitrogen and oxygen atoms in total. The molecule has 1 aliphatic rings. The van der Waals surface area contributed by atoms with Crippen LogP contribution in [0.1, 0.15) is 44.4 Å². The molecule has 0 amide bonds. The first-order valence-electron chi connectivity index (χ1n) is 8.03. The van der Waals surface area contributed by atoms with Crippen molar-refractivity contribution in [1.82, 2.24) is 0 Å². The number of nitrogens with zero attached hydrogens (tertiary/aromatic N) is 1. The SMILES string of the molecule is CCC(C)(C)C1c2ccccc2CCN1c1ccccc1. The molecular formula is C20H25N. The summed E-state index contributed by atoms with van der Waals surface area (Å²) in [5.41, 5.74) is 4.64. The number of para-hydroxylation sites is 1. The molecule has 0 bridgehead atoms. The summed E-state index contributed by atoms with van der Waals surface area (Å²) in [5, 5.41) is 0. The van der Waals surface area contributed by atoms with Gasteiger partial charge in [0.1, 0.15) is 0 Å². The molecule has 1 unspecified atom stereocenters. The molecule has 1 heteroatoms. The van der Waals surface area contributed by atoms with E-state index in [0.29, 0.717) is 6.04 Å². The van der Waals surface area contributed by atoms with Gasteiger partial charge >= 0.3 is 0 Å². The Morgan fingerprint density at radius 1 is 1.00 bits per heavy atom. The summed E-state index contributed by atoms with van der Waals surface area (Å²) in [6.45, 7) is 8.21. The highest BCUT2D eigenvalue weighted by molar-refractivity contribution is 5.52. The third-order valence-electron chi connectivity index (χ3n) is 5.02. The number of hydrogen-bond acceptors (Lipinski definition) is 1. The van der Waals surface area contributed by atoms with Crippen LogP contribution in [0.2, 0.25) is 0 Å². The Balaban J connectivity index is 2.10. The molecule has 1 atom stereocenters. The lowest BCUT2D eigenvalue weighted by Gasteiger charge is -2.47. The van der Waals surface area contributed by atoms with Gasteiger partial charge in [-0.25, -0.2) is 0 Å². The number of rotatable bonds is 3. The third kappa shape index (κ3) is 2.57. The maximum atomic E-state index is 2.60. The second-order valence-electron chi connectivity index (χ2n) is 6.72. The second-order valence-corrected chi connectivity index (χ2v) is 6.72. The topological polar surface area (TPSA) is 3.24 Å². The van der Waals surface area contributed by atoms with Crippen LogP contribution in [0.3, 0.4) is 0 Å². The maximum Gasteiger partial charge on any atom is 0.0596 e. The number of anilines is 1. The molecule has 1 heterocycles. The Kier molecular flexibility index (Phi) is 3.75. The average molecular weight is 279 g/mol. The number of benzene rings is 2. The van der Waals surface area contributed by atoms with Crippen LogP contribution >= 0.6 is 0 Å². The van der Waals surface area contributed by atoms with Crippen LogP contribution < -0.4 is 4.90 Å². The molecule has 1 aliphatic heterocycles. The molecular weight excluding hydrogens is 254 g/mol. The van der Waals surface area contributed by atoms with Crippen molar-refractivity contribution in [3.63, 3.8) is 0 Å². The first kappa shape index (κ1) is 14.2. The fraction of sp³-hybridized carbons (Fsp3) is 0.400. The maximum absolute atomic E-state index is 2.60. The van der Waals surface area contributed by atoms with Gasteiger partial charge in [0.05, 0.1) is 6.04 Å². The van der Waals surface area contributed by atoms with Gasteiger partial charge in [0, 0.05) is 12.2 Å². The molecule has 0 aromatic heterocycles.